The Kier molecular flexibility index (Phi) is 8.83. The van der Waals surface area contributed by atoms with Gasteiger partial charge < -0.3 is 9.74 Å². The molecular formula is C33H29Cl3N2O2Si. The van der Waals surface area contributed by atoms with E-state index in [4.69, 9.17) is 44.2 Å². The SMILES string of the molecule is CC(C)(C)c1c(CO[SiH](c2ccccc2)c2ccccc2)nc2c(NC(=O)c3c(Cl)cccc3Cl)cccc2c1Cl. The second-order valence-electron chi connectivity index (χ2n) is 10.8. The molecule has 8 heteroatoms. The van der Waals surface area contributed by atoms with Crippen LogP contribution in [0.5, 0.6) is 0 Å². The summed E-state index contributed by atoms with van der Waals surface area (Å²) in [7, 11) is -2.04. The van der Waals surface area contributed by atoms with E-state index in [0.717, 1.165) is 16.6 Å². The molecule has 0 aliphatic carbocycles. The Morgan fingerprint density at radius 3 is 1.93 bits per heavy atom. The quantitative estimate of drug-likeness (QED) is 0.189. The Morgan fingerprint density at radius 1 is 0.805 bits per heavy atom. The summed E-state index contributed by atoms with van der Waals surface area (Å²) >= 11 is 19.7. The number of aromatic nitrogens is 1. The van der Waals surface area contributed by atoms with Crippen molar-refractivity contribution in [1.82, 2.24) is 4.98 Å². The van der Waals surface area contributed by atoms with Crippen LogP contribution < -0.4 is 15.7 Å². The summed E-state index contributed by atoms with van der Waals surface area (Å²) in [6.07, 6.45) is 0. The van der Waals surface area contributed by atoms with Gasteiger partial charge in [0.1, 0.15) is 0 Å². The van der Waals surface area contributed by atoms with Gasteiger partial charge in [-0.1, -0.05) is 134 Å². The van der Waals surface area contributed by atoms with Crippen LogP contribution in [0.1, 0.15) is 42.4 Å². The number of fused-ring (bicyclic) bond motifs is 1. The molecule has 0 spiro atoms. The van der Waals surface area contributed by atoms with Crippen molar-refractivity contribution in [2.24, 2.45) is 0 Å². The van der Waals surface area contributed by atoms with Crippen LogP contribution in [0.2, 0.25) is 15.1 Å². The van der Waals surface area contributed by atoms with E-state index in [1.165, 1.54) is 10.4 Å². The third kappa shape index (κ3) is 6.35. The van der Waals surface area contributed by atoms with Gasteiger partial charge in [-0.2, -0.15) is 0 Å². The summed E-state index contributed by atoms with van der Waals surface area (Å²) < 4.78 is 6.76. The Morgan fingerprint density at radius 2 is 1.37 bits per heavy atom. The Hall–Kier alpha value is -3.19. The molecule has 0 radical (unpaired) electrons. The van der Waals surface area contributed by atoms with Gasteiger partial charge in [-0.15, -0.1) is 0 Å². The lowest BCUT2D eigenvalue weighted by Gasteiger charge is -2.26. The first-order valence-electron chi connectivity index (χ1n) is 13.2. The van der Waals surface area contributed by atoms with Gasteiger partial charge in [-0.3, -0.25) is 4.79 Å². The third-order valence-electron chi connectivity index (χ3n) is 6.81. The summed E-state index contributed by atoms with van der Waals surface area (Å²) in [5.74, 6) is -0.427. The average Bonchev–Trinajstić information content (AvgIpc) is 2.94. The predicted molar refractivity (Wildman–Crippen MR) is 174 cm³/mol. The van der Waals surface area contributed by atoms with Gasteiger partial charge in [0, 0.05) is 10.9 Å². The molecule has 4 aromatic carbocycles. The molecule has 4 nitrogen and oxygen atoms in total. The monoisotopic (exact) mass is 618 g/mol. The third-order valence-corrected chi connectivity index (χ3v) is 10.3. The summed E-state index contributed by atoms with van der Waals surface area (Å²) in [6.45, 7) is 6.60. The Balaban J connectivity index is 1.58. The second-order valence-corrected chi connectivity index (χ2v) is 14.4. The van der Waals surface area contributed by atoms with Crippen molar-refractivity contribution in [2.75, 3.05) is 5.32 Å². The van der Waals surface area contributed by atoms with Crippen molar-refractivity contribution in [2.45, 2.75) is 32.8 Å². The first-order chi connectivity index (χ1) is 19.6. The average molecular weight is 620 g/mol. The molecule has 0 atom stereocenters. The molecular weight excluding hydrogens is 591 g/mol. The van der Waals surface area contributed by atoms with Crippen LogP contribution in [0.25, 0.3) is 10.9 Å². The lowest BCUT2D eigenvalue weighted by molar-refractivity contribution is 0.102. The van der Waals surface area contributed by atoms with Gasteiger partial charge in [0.05, 0.1) is 44.1 Å². The van der Waals surface area contributed by atoms with Crippen LogP contribution >= 0.6 is 34.8 Å². The molecule has 0 bridgehead atoms. The van der Waals surface area contributed by atoms with Crippen LogP contribution in [-0.2, 0) is 16.4 Å². The second kappa shape index (κ2) is 12.4. The first-order valence-corrected chi connectivity index (χ1v) is 16.0. The van der Waals surface area contributed by atoms with Gasteiger partial charge in [0.15, 0.2) is 0 Å². The molecule has 1 N–H and O–H groups in total. The largest absolute Gasteiger partial charge is 0.405 e. The van der Waals surface area contributed by atoms with Gasteiger partial charge in [-0.05, 0) is 34.0 Å². The zero-order valence-electron chi connectivity index (χ0n) is 22.9. The number of nitrogens with one attached hydrogen (secondary N) is 1. The van der Waals surface area contributed by atoms with E-state index in [0.29, 0.717) is 16.2 Å². The normalized spacial score (nSPS) is 11.7. The molecule has 1 aromatic heterocycles. The van der Waals surface area contributed by atoms with E-state index >= 15 is 0 Å². The maximum atomic E-state index is 13.3. The van der Waals surface area contributed by atoms with Gasteiger partial charge in [0.2, 0.25) is 9.04 Å². The minimum Gasteiger partial charge on any atom is -0.405 e. The number of amides is 1. The smallest absolute Gasteiger partial charge is 0.258 e. The van der Waals surface area contributed by atoms with Crippen LogP contribution in [-0.4, -0.2) is 19.9 Å². The van der Waals surface area contributed by atoms with E-state index in [1.807, 2.05) is 48.5 Å². The maximum absolute atomic E-state index is 13.3. The molecule has 1 amide bonds. The molecule has 1 heterocycles. The van der Waals surface area contributed by atoms with Crippen molar-refractivity contribution < 1.29 is 9.22 Å². The highest BCUT2D eigenvalue weighted by atomic mass is 35.5. The highest BCUT2D eigenvalue weighted by Crippen LogP contribution is 2.39. The number of hydrogen-bond donors (Lipinski definition) is 1. The summed E-state index contributed by atoms with van der Waals surface area (Å²) in [5, 5.41) is 7.16. The highest BCUT2D eigenvalue weighted by molar-refractivity contribution is 6.80. The van der Waals surface area contributed by atoms with E-state index in [-0.39, 0.29) is 27.6 Å². The van der Waals surface area contributed by atoms with Crippen molar-refractivity contribution in [3.8, 4) is 0 Å². The van der Waals surface area contributed by atoms with Crippen LogP contribution in [0.3, 0.4) is 0 Å². The molecule has 208 valence electrons. The van der Waals surface area contributed by atoms with E-state index < -0.39 is 14.9 Å². The minimum atomic E-state index is -2.04. The van der Waals surface area contributed by atoms with Crippen molar-refractivity contribution in [3.05, 3.63) is 129 Å². The van der Waals surface area contributed by atoms with E-state index in [9.17, 15) is 4.79 Å². The molecule has 0 fully saturated rings. The van der Waals surface area contributed by atoms with Gasteiger partial charge >= 0.3 is 0 Å². The number of rotatable bonds is 7. The zero-order chi connectivity index (χ0) is 29.1. The fourth-order valence-corrected chi connectivity index (χ4v) is 8.32. The molecule has 0 saturated carbocycles. The number of hydrogen-bond acceptors (Lipinski definition) is 3. The van der Waals surface area contributed by atoms with E-state index in [2.05, 4.69) is 50.4 Å². The molecule has 0 unspecified atom stereocenters. The van der Waals surface area contributed by atoms with Crippen LogP contribution in [0.4, 0.5) is 5.69 Å². The molecule has 41 heavy (non-hydrogen) atoms. The first kappa shape index (κ1) is 29.3. The summed E-state index contributed by atoms with van der Waals surface area (Å²) in [5.41, 5.74) is 2.62. The number of para-hydroxylation sites is 1. The lowest BCUT2D eigenvalue weighted by Crippen LogP contribution is -2.44. The molecule has 0 saturated heterocycles. The van der Waals surface area contributed by atoms with Gasteiger partial charge in [-0.25, -0.2) is 4.98 Å². The molecule has 5 aromatic rings. The number of pyridine rings is 1. The van der Waals surface area contributed by atoms with Gasteiger partial charge in [0.25, 0.3) is 5.91 Å². The maximum Gasteiger partial charge on any atom is 0.258 e. The fourth-order valence-electron chi connectivity index (χ4n) is 4.96. The molecule has 0 aliphatic heterocycles. The van der Waals surface area contributed by atoms with Crippen molar-refractivity contribution in [3.63, 3.8) is 0 Å². The Bertz CT molecular complexity index is 1650. The number of halogens is 3. The number of carbonyl (C=O) groups is 1. The van der Waals surface area contributed by atoms with Crippen LogP contribution in [0.15, 0.2) is 97.1 Å². The molecule has 5 rings (SSSR count). The fraction of sp³-hybridized carbons (Fsp3) is 0.152. The van der Waals surface area contributed by atoms with Crippen molar-refractivity contribution >= 4 is 76.7 Å². The Labute approximate surface area is 257 Å². The zero-order valence-corrected chi connectivity index (χ0v) is 26.3. The number of nitrogens with zero attached hydrogens (tertiary/aromatic N) is 1. The minimum absolute atomic E-state index is 0.202. The molecule has 0 aliphatic rings. The van der Waals surface area contributed by atoms with Crippen molar-refractivity contribution in [1.29, 1.82) is 0 Å². The standard InChI is InChI=1S/C33H29Cl3N2O2Si/c1-33(2,3)29-27(20-40-41(21-12-6-4-7-13-21)22-14-8-5-9-15-22)37-31-23(30(29)36)16-10-19-26(31)38-32(39)28-24(34)17-11-18-25(28)35/h4-19,41H,20H2,1-3H3,(H,38,39). The topological polar surface area (TPSA) is 51.2 Å². The summed E-state index contributed by atoms with van der Waals surface area (Å²) in [6, 6.07) is 31.1. The number of anilines is 1. The van der Waals surface area contributed by atoms with E-state index in [1.54, 1.807) is 24.3 Å². The summed E-state index contributed by atoms with van der Waals surface area (Å²) in [4.78, 5) is 18.3. The highest BCUT2D eigenvalue weighted by Gasteiger charge is 2.27. The number of carbonyl (C=O) groups excluding carboxylic acids is 1. The number of benzene rings is 4. The van der Waals surface area contributed by atoms with Crippen LogP contribution in [0, 0.1) is 0 Å². The predicted octanol–water partition coefficient (Wildman–Crippen LogP) is 7.80. The lowest BCUT2D eigenvalue weighted by atomic mass is 9.85.